The lowest BCUT2D eigenvalue weighted by Gasteiger charge is -2.21. The summed E-state index contributed by atoms with van der Waals surface area (Å²) in [6.45, 7) is 0.587. The van der Waals surface area contributed by atoms with Gasteiger partial charge in [0.1, 0.15) is 5.82 Å². The third-order valence-electron chi connectivity index (χ3n) is 4.84. The van der Waals surface area contributed by atoms with E-state index in [1.165, 1.54) is 12.1 Å². The number of carbonyl (C=O) groups is 1. The van der Waals surface area contributed by atoms with Crippen molar-refractivity contribution >= 4 is 37.6 Å². The van der Waals surface area contributed by atoms with E-state index in [2.05, 4.69) is 26.0 Å². The van der Waals surface area contributed by atoms with Crippen LogP contribution in [0.5, 0.6) is 0 Å². The molecule has 0 spiro atoms. The fourth-order valence-corrected chi connectivity index (χ4v) is 5.27. The molecule has 0 fully saturated rings. The summed E-state index contributed by atoms with van der Waals surface area (Å²) in [7, 11) is -3.86. The first-order valence-electron chi connectivity index (χ1n) is 9.35. The predicted octanol–water partition coefficient (Wildman–Crippen LogP) is 4.42. The molecular weight excluding hydrogens is 463 g/mol. The first-order valence-corrected chi connectivity index (χ1v) is 11.6. The number of hydrogen-bond donors (Lipinski definition) is 3. The maximum atomic E-state index is 14.3. The number of unbranched alkanes of at least 4 members (excludes halogenated alkanes) is 3. The monoisotopic (exact) mass is 484 g/mol. The first kappa shape index (κ1) is 21.7. The quantitative estimate of drug-likeness (QED) is 0.482. The van der Waals surface area contributed by atoms with E-state index in [1.807, 2.05) is 12.1 Å². The second kappa shape index (κ2) is 9.23. The predicted molar refractivity (Wildman–Crippen MR) is 112 cm³/mol. The second-order valence-corrected chi connectivity index (χ2v) is 9.45. The number of rotatable bonds is 8. The van der Waals surface area contributed by atoms with Crippen LogP contribution in [-0.4, -0.2) is 26.0 Å². The van der Waals surface area contributed by atoms with Crippen LogP contribution in [0.2, 0.25) is 0 Å². The molecule has 0 saturated heterocycles. The van der Waals surface area contributed by atoms with Crippen molar-refractivity contribution in [2.75, 3.05) is 11.3 Å². The van der Waals surface area contributed by atoms with Crippen molar-refractivity contribution in [1.29, 1.82) is 0 Å². The molecule has 1 aliphatic rings. The maximum Gasteiger partial charge on any atom is 0.303 e. The van der Waals surface area contributed by atoms with Gasteiger partial charge in [-0.2, -0.15) is 0 Å². The number of nitrogens with one attached hydrogen (secondary N) is 2. The largest absolute Gasteiger partial charge is 0.481 e. The number of para-hydroxylation sites is 1. The molecule has 0 saturated carbocycles. The number of sulfonamides is 1. The number of anilines is 1. The number of hydrogen-bond acceptors (Lipinski definition) is 4. The van der Waals surface area contributed by atoms with Gasteiger partial charge in [0, 0.05) is 6.42 Å². The zero-order chi connectivity index (χ0) is 21.0. The summed E-state index contributed by atoms with van der Waals surface area (Å²) < 4.78 is 42.7. The molecule has 6 nitrogen and oxygen atoms in total. The molecule has 1 unspecified atom stereocenters. The Hall–Kier alpha value is -1.97. The number of carboxylic acids is 1. The van der Waals surface area contributed by atoms with Crippen LogP contribution >= 0.6 is 15.9 Å². The third-order valence-corrected chi connectivity index (χ3v) is 6.86. The van der Waals surface area contributed by atoms with Crippen LogP contribution in [0.25, 0.3) is 0 Å². The van der Waals surface area contributed by atoms with Gasteiger partial charge in [0.2, 0.25) is 0 Å². The number of benzene rings is 2. The Morgan fingerprint density at radius 1 is 1.14 bits per heavy atom. The Morgan fingerprint density at radius 3 is 2.62 bits per heavy atom. The highest BCUT2D eigenvalue weighted by Crippen LogP contribution is 2.39. The minimum absolute atomic E-state index is 0.0286. The van der Waals surface area contributed by atoms with Gasteiger partial charge >= 0.3 is 5.97 Å². The van der Waals surface area contributed by atoms with Crippen molar-refractivity contribution < 1.29 is 22.7 Å². The topological polar surface area (TPSA) is 95.5 Å². The summed E-state index contributed by atoms with van der Waals surface area (Å²) in [5.74, 6) is -1.32. The molecule has 3 N–H and O–H groups in total. The van der Waals surface area contributed by atoms with Crippen molar-refractivity contribution in [1.82, 2.24) is 5.32 Å². The minimum atomic E-state index is -3.86. The Kier molecular flexibility index (Phi) is 6.92. The van der Waals surface area contributed by atoms with E-state index in [0.29, 0.717) is 24.2 Å². The lowest BCUT2D eigenvalue weighted by molar-refractivity contribution is -0.137. The summed E-state index contributed by atoms with van der Waals surface area (Å²) in [6, 6.07) is 9.11. The highest BCUT2D eigenvalue weighted by Gasteiger charge is 2.32. The van der Waals surface area contributed by atoms with Gasteiger partial charge in [-0.25, -0.2) is 12.8 Å². The zero-order valence-corrected chi connectivity index (χ0v) is 18.0. The summed E-state index contributed by atoms with van der Waals surface area (Å²) in [6.07, 6.45) is 3.25. The van der Waals surface area contributed by atoms with Gasteiger partial charge in [-0.05, 0) is 64.6 Å². The van der Waals surface area contributed by atoms with Crippen molar-refractivity contribution in [3.63, 3.8) is 0 Å². The molecule has 0 aromatic heterocycles. The van der Waals surface area contributed by atoms with Crippen molar-refractivity contribution in [3.8, 4) is 0 Å². The van der Waals surface area contributed by atoms with Gasteiger partial charge in [0.25, 0.3) is 10.0 Å². The summed E-state index contributed by atoms with van der Waals surface area (Å²) >= 11 is 3.08. The van der Waals surface area contributed by atoms with Crippen LogP contribution in [0.3, 0.4) is 0 Å². The average Bonchev–Trinajstić information content (AvgIpc) is 2.74. The van der Waals surface area contributed by atoms with Gasteiger partial charge in [-0.3, -0.25) is 9.52 Å². The molecule has 0 bridgehead atoms. The molecule has 1 atom stereocenters. The molecule has 156 valence electrons. The smallest absolute Gasteiger partial charge is 0.303 e. The lowest BCUT2D eigenvalue weighted by Crippen LogP contribution is -2.24. The summed E-state index contributed by atoms with van der Waals surface area (Å²) in [5.41, 5.74) is 1.54. The Morgan fingerprint density at radius 2 is 1.86 bits per heavy atom. The molecule has 1 heterocycles. The maximum absolute atomic E-state index is 14.3. The number of aliphatic carboxylic acids is 1. The van der Waals surface area contributed by atoms with Crippen LogP contribution in [0, 0.1) is 5.82 Å². The molecular formula is C20H22BrFN2O4S. The number of halogens is 2. The minimum Gasteiger partial charge on any atom is -0.481 e. The molecule has 9 heteroatoms. The van der Waals surface area contributed by atoms with Crippen molar-refractivity contribution in [2.24, 2.45) is 0 Å². The molecule has 0 amide bonds. The zero-order valence-electron chi connectivity index (χ0n) is 15.6. The van der Waals surface area contributed by atoms with E-state index < -0.39 is 27.9 Å². The SMILES string of the molecule is O=C(O)CCCCCCNC1c2ccccc2NS(=O)(=O)c2cc(Br)c(F)cc21. The van der Waals surface area contributed by atoms with E-state index in [9.17, 15) is 17.6 Å². The fourth-order valence-electron chi connectivity index (χ4n) is 3.43. The van der Waals surface area contributed by atoms with Crippen LogP contribution in [0.1, 0.15) is 49.3 Å². The van der Waals surface area contributed by atoms with Crippen LogP contribution in [0.4, 0.5) is 10.1 Å². The van der Waals surface area contributed by atoms with Crippen molar-refractivity contribution in [2.45, 2.75) is 43.0 Å². The molecule has 0 aliphatic carbocycles. The highest BCUT2D eigenvalue weighted by atomic mass is 79.9. The van der Waals surface area contributed by atoms with Gasteiger partial charge in [-0.15, -0.1) is 0 Å². The average molecular weight is 485 g/mol. The Labute approximate surface area is 177 Å². The van der Waals surface area contributed by atoms with Gasteiger partial charge in [0.15, 0.2) is 0 Å². The Bertz CT molecular complexity index is 1010. The van der Waals surface area contributed by atoms with E-state index in [-0.39, 0.29) is 15.8 Å². The Balaban J connectivity index is 1.84. The van der Waals surface area contributed by atoms with E-state index in [1.54, 1.807) is 12.1 Å². The van der Waals surface area contributed by atoms with Crippen molar-refractivity contribution in [3.05, 3.63) is 57.8 Å². The van der Waals surface area contributed by atoms with E-state index in [0.717, 1.165) is 24.8 Å². The normalized spacial score (nSPS) is 17.0. The van der Waals surface area contributed by atoms with Crippen LogP contribution < -0.4 is 10.0 Å². The van der Waals surface area contributed by atoms with E-state index in [4.69, 9.17) is 5.11 Å². The third kappa shape index (κ3) is 5.15. The second-order valence-electron chi connectivity index (χ2n) is 6.94. The molecule has 2 aromatic carbocycles. The number of fused-ring (bicyclic) bond motifs is 2. The molecule has 1 aliphatic heterocycles. The number of carboxylic acid groups (broad SMARTS) is 1. The standard InChI is InChI=1S/C20H22BrFN2O4S/c21-15-12-18-14(11-16(15)22)20(23-10-6-2-1-3-9-19(25)26)13-7-4-5-8-17(13)24-29(18,27)28/h4-5,7-8,11-12,20,23-24H,1-3,6,9-10H2,(H,25,26). The summed E-state index contributed by atoms with van der Waals surface area (Å²) in [5, 5.41) is 12.0. The summed E-state index contributed by atoms with van der Waals surface area (Å²) in [4.78, 5) is 10.6. The molecule has 2 aromatic rings. The van der Waals surface area contributed by atoms with Gasteiger partial charge in [0.05, 0.1) is 21.1 Å². The van der Waals surface area contributed by atoms with E-state index >= 15 is 0 Å². The van der Waals surface area contributed by atoms with Gasteiger partial charge in [-0.1, -0.05) is 31.0 Å². The fraction of sp³-hybridized carbons (Fsp3) is 0.350. The molecule has 29 heavy (non-hydrogen) atoms. The first-order chi connectivity index (χ1) is 13.8. The highest BCUT2D eigenvalue weighted by molar-refractivity contribution is 9.10. The van der Waals surface area contributed by atoms with Crippen LogP contribution in [-0.2, 0) is 14.8 Å². The molecule has 0 radical (unpaired) electrons. The molecule has 3 rings (SSSR count). The van der Waals surface area contributed by atoms with Gasteiger partial charge < -0.3 is 10.4 Å². The lowest BCUT2D eigenvalue weighted by atomic mass is 9.96. The van der Waals surface area contributed by atoms with Crippen LogP contribution in [0.15, 0.2) is 45.8 Å².